The van der Waals surface area contributed by atoms with Crippen molar-refractivity contribution in [3.05, 3.63) is 28.2 Å². The molecule has 1 aliphatic rings. The summed E-state index contributed by atoms with van der Waals surface area (Å²) in [5, 5.41) is 9.64. The lowest BCUT2D eigenvalue weighted by Crippen LogP contribution is -2.48. The fourth-order valence-electron chi connectivity index (χ4n) is 2.59. The molecule has 1 aromatic carbocycles. The second-order valence-electron chi connectivity index (χ2n) is 6.02. The van der Waals surface area contributed by atoms with E-state index in [9.17, 15) is 5.11 Å². The van der Waals surface area contributed by atoms with Crippen molar-refractivity contribution >= 4 is 21.6 Å². The molecule has 0 aromatic heterocycles. The van der Waals surface area contributed by atoms with Crippen LogP contribution in [0, 0.1) is 0 Å². The lowest BCUT2D eigenvalue weighted by atomic mass is 10.1. The average molecular weight is 356 g/mol. The van der Waals surface area contributed by atoms with Gasteiger partial charge in [0.1, 0.15) is 0 Å². The Bertz CT molecular complexity index is 457. The van der Waals surface area contributed by atoms with E-state index in [1.165, 1.54) is 5.69 Å². The summed E-state index contributed by atoms with van der Waals surface area (Å²) >= 11 is 3.64. The lowest BCUT2D eigenvalue weighted by Gasteiger charge is -2.37. The third-order valence-electron chi connectivity index (χ3n) is 4.03. The molecule has 1 fully saturated rings. The van der Waals surface area contributed by atoms with E-state index < -0.39 is 6.10 Å². The number of likely N-dealkylation sites (N-methyl/N-ethyl adjacent to an activating group) is 1. The summed E-state index contributed by atoms with van der Waals surface area (Å²) in [4.78, 5) is 7.17. The predicted octanol–water partition coefficient (Wildman–Crippen LogP) is 2.19. The first-order chi connectivity index (χ1) is 9.97. The van der Waals surface area contributed by atoms with Crippen molar-refractivity contribution in [3.8, 4) is 0 Å². The molecule has 0 aliphatic carbocycles. The van der Waals surface area contributed by atoms with Crippen LogP contribution in [-0.2, 0) is 0 Å². The van der Waals surface area contributed by atoms with E-state index in [0.29, 0.717) is 0 Å². The maximum absolute atomic E-state index is 9.64. The van der Waals surface area contributed by atoms with Crippen LogP contribution >= 0.6 is 15.9 Å². The SMILES string of the molecule is C[C@@H](O)c1ccc(N2CCN(CCN(C)C)CC2)c(Br)c1. The standard InChI is InChI=1S/C16H26BrN3O/c1-13(21)14-4-5-16(15(17)12-14)20-10-8-19(9-11-20)7-6-18(2)3/h4-5,12-13,21H,6-11H2,1-3H3/t13-/m1/s1. The van der Waals surface area contributed by atoms with Crippen molar-refractivity contribution in [2.24, 2.45) is 0 Å². The number of rotatable bonds is 5. The van der Waals surface area contributed by atoms with Crippen LogP contribution < -0.4 is 4.90 Å². The molecule has 0 bridgehead atoms. The first kappa shape index (κ1) is 16.7. The Kier molecular flexibility index (Phi) is 6.05. The molecule has 118 valence electrons. The van der Waals surface area contributed by atoms with Gasteiger partial charge >= 0.3 is 0 Å². The van der Waals surface area contributed by atoms with Gasteiger partial charge in [-0.05, 0) is 54.6 Å². The number of piperazine rings is 1. The molecular formula is C16H26BrN3O. The fourth-order valence-corrected chi connectivity index (χ4v) is 3.24. The van der Waals surface area contributed by atoms with E-state index in [-0.39, 0.29) is 0 Å². The molecule has 1 aromatic rings. The van der Waals surface area contributed by atoms with Gasteiger partial charge in [-0.2, -0.15) is 0 Å². The average Bonchev–Trinajstić information content (AvgIpc) is 2.45. The zero-order valence-electron chi connectivity index (χ0n) is 13.2. The van der Waals surface area contributed by atoms with Crippen LogP contribution in [0.5, 0.6) is 0 Å². The summed E-state index contributed by atoms with van der Waals surface area (Å²) in [5.41, 5.74) is 2.18. The molecule has 4 nitrogen and oxygen atoms in total. The summed E-state index contributed by atoms with van der Waals surface area (Å²) in [6, 6.07) is 6.16. The first-order valence-electron chi connectivity index (χ1n) is 7.57. The van der Waals surface area contributed by atoms with E-state index in [2.05, 4.69) is 50.8 Å². The van der Waals surface area contributed by atoms with Crippen molar-refractivity contribution in [3.63, 3.8) is 0 Å². The number of aliphatic hydroxyl groups is 1. The molecule has 5 heteroatoms. The predicted molar refractivity (Wildman–Crippen MR) is 92.0 cm³/mol. The normalized spacial score (nSPS) is 18.3. The van der Waals surface area contributed by atoms with Crippen LogP contribution in [0.15, 0.2) is 22.7 Å². The van der Waals surface area contributed by atoms with Crippen molar-refractivity contribution in [1.82, 2.24) is 9.80 Å². The molecule has 0 amide bonds. The van der Waals surface area contributed by atoms with Gasteiger partial charge < -0.3 is 14.9 Å². The third-order valence-corrected chi connectivity index (χ3v) is 4.67. The maximum atomic E-state index is 9.64. The Labute approximate surface area is 136 Å². The van der Waals surface area contributed by atoms with Crippen molar-refractivity contribution in [2.45, 2.75) is 13.0 Å². The minimum absolute atomic E-state index is 0.418. The highest BCUT2D eigenvalue weighted by Crippen LogP contribution is 2.30. The molecule has 21 heavy (non-hydrogen) atoms. The van der Waals surface area contributed by atoms with Gasteiger partial charge in [-0.15, -0.1) is 0 Å². The molecule has 0 unspecified atom stereocenters. The molecule has 1 saturated heterocycles. The zero-order valence-corrected chi connectivity index (χ0v) is 14.8. The topological polar surface area (TPSA) is 30.0 Å². The largest absolute Gasteiger partial charge is 0.389 e. The zero-order chi connectivity index (χ0) is 15.4. The highest BCUT2D eigenvalue weighted by molar-refractivity contribution is 9.10. The number of nitrogens with zero attached hydrogens (tertiary/aromatic N) is 3. The second-order valence-corrected chi connectivity index (χ2v) is 6.87. The number of anilines is 1. The molecule has 0 radical (unpaired) electrons. The monoisotopic (exact) mass is 355 g/mol. The molecule has 0 saturated carbocycles. The first-order valence-corrected chi connectivity index (χ1v) is 8.36. The van der Waals surface area contributed by atoms with E-state index in [0.717, 1.165) is 49.3 Å². The van der Waals surface area contributed by atoms with E-state index in [1.54, 1.807) is 6.92 Å². The maximum Gasteiger partial charge on any atom is 0.0762 e. The van der Waals surface area contributed by atoms with Gasteiger partial charge in [-0.3, -0.25) is 4.90 Å². The van der Waals surface area contributed by atoms with Gasteiger partial charge in [0.15, 0.2) is 0 Å². The fraction of sp³-hybridized carbons (Fsp3) is 0.625. The Morgan fingerprint density at radius 3 is 2.43 bits per heavy atom. The van der Waals surface area contributed by atoms with E-state index in [1.807, 2.05) is 12.1 Å². The van der Waals surface area contributed by atoms with Crippen LogP contribution in [0.4, 0.5) is 5.69 Å². The Morgan fingerprint density at radius 1 is 1.24 bits per heavy atom. The van der Waals surface area contributed by atoms with Crippen LogP contribution in [0.1, 0.15) is 18.6 Å². The Balaban J connectivity index is 1.93. The summed E-state index contributed by atoms with van der Waals surface area (Å²) in [6.07, 6.45) is -0.418. The lowest BCUT2D eigenvalue weighted by molar-refractivity contribution is 0.199. The summed E-state index contributed by atoms with van der Waals surface area (Å²) in [6.45, 7) is 8.39. The summed E-state index contributed by atoms with van der Waals surface area (Å²) < 4.78 is 1.07. The Hall–Kier alpha value is -0.620. The minimum Gasteiger partial charge on any atom is -0.389 e. The molecule has 1 aliphatic heterocycles. The number of benzene rings is 1. The van der Waals surface area contributed by atoms with Crippen molar-refractivity contribution in [2.75, 3.05) is 58.3 Å². The van der Waals surface area contributed by atoms with Crippen LogP contribution in [-0.4, -0.2) is 68.3 Å². The molecule has 0 spiro atoms. The number of aliphatic hydroxyl groups excluding tert-OH is 1. The number of hydrogen-bond acceptors (Lipinski definition) is 4. The summed E-state index contributed by atoms with van der Waals surface area (Å²) in [7, 11) is 4.24. The summed E-state index contributed by atoms with van der Waals surface area (Å²) in [5.74, 6) is 0. The number of hydrogen-bond donors (Lipinski definition) is 1. The highest BCUT2D eigenvalue weighted by atomic mass is 79.9. The van der Waals surface area contributed by atoms with Gasteiger partial charge in [0.25, 0.3) is 0 Å². The molecule has 2 rings (SSSR count). The minimum atomic E-state index is -0.418. The molecule has 1 atom stereocenters. The van der Waals surface area contributed by atoms with E-state index >= 15 is 0 Å². The molecular weight excluding hydrogens is 330 g/mol. The van der Waals surface area contributed by atoms with Crippen LogP contribution in [0.25, 0.3) is 0 Å². The third kappa shape index (κ3) is 4.68. The second kappa shape index (κ2) is 7.58. The quantitative estimate of drug-likeness (QED) is 0.876. The molecule has 1 N–H and O–H groups in total. The van der Waals surface area contributed by atoms with Gasteiger partial charge in [0.05, 0.1) is 11.8 Å². The van der Waals surface area contributed by atoms with Gasteiger partial charge in [-0.25, -0.2) is 0 Å². The van der Waals surface area contributed by atoms with Gasteiger partial charge in [-0.1, -0.05) is 6.07 Å². The van der Waals surface area contributed by atoms with E-state index in [4.69, 9.17) is 0 Å². The van der Waals surface area contributed by atoms with Gasteiger partial charge in [0, 0.05) is 43.7 Å². The van der Waals surface area contributed by atoms with Crippen molar-refractivity contribution in [1.29, 1.82) is 0 Å². The number of halogens is 1. The highest BCUT2D eigenvalue weighted by Gasteiger charge is 2.19. The molecule has 1 heterocycles. The Morgan fingerprint density at radius 2 is 1.90 bits per heavy atom. The smallest absolute Gasteiger partial charge is 0.0762 e. The van der Waals surface area contributed by atoms with Crippen LogP contribution in [0.2, 0.25) is 0 Å². The van der Waals surface area contributed by atoms with Crippen LogP contribution in [0.3, 0.4) is 0 Å². The van der Waals surface area contributed by atoms with Gasteiger partial charge in [0.2, 0.25) is 0 Å². The van der Waals surface area contributed by atoms with Crippen molar-refractivity contribution < 1.29 is 5.11 Å².